The molecular weight excluding hydrogens is 480 g/mol. The molecule has 0 spiro atoms. The number of esters is 1. The molecule has 0 aliphatic carbocycles. The summed E-state index contributed by atoms with van der Waals surface area (Å²) in [6, 6.07) is 5.98. The van der Waals surface area contributed by atoms with Gasteiger partial charge in [-0.25, -0.2) is 0 Å². The molecule has 1 N–H and O–H groups in total. The van der Waals surface area contributed by atoms with Crippen molar-refractivity contribution in [2.75, 3.05) is 84.5 Å². The number of aryl methyl sites for hydroxylation is 1. The zero-order valence-corrected chi connectivity index (χ0v) is 22.8. The van der Waals surface area contributed by atoms with Crippen LogP contribution >= 0.6 is 0 Å². The van der Waals surface area contributed by atoms with Crippen molar-refractivity contribution in [3.63, 3.8) is 0 Å². The van der Waals surface area contributed by atoms with E-state index in [9.17, 15) is 9.59 Å². The lowest BCUT2D eigenvalue weighted by molar-refractivity contribution is -0.156. The van der Waals surface area contributed by atoms with Crippen LogP contribution in [0.3, 0.4) is 0 Å². The van der Waals surface area contributed by atoms with Crippen LogP contribution in [-0.2, 0) is 39.7 Å². The molecule has 0 aromatic heterocycles. The highest BCUT2D eigenvalue weighted by atomic mass is 16.6. The summed E-state index contributed by atoms with van der Waals surface area (Å²) in [7, 11) is 2.09. The largest absolute Gasteiger partial charge is 0.484 e. The Kier molecular flexibility index (Phi) is 14.3. The summed E-state index contributed by atoms with van der Waals surface area (Å²) in [6.45, 7) is 10.3. The molecule has 10 nitrogen and oxygen atoms in total. The summed E-state index contributed by atoms with van der Waals surface area (Å²) in [6.07, 6.45) is 2.39. The van der Waals surface area contributed by atoms with Gasteiger partial charge >= 0.3 is 5.97 Å². The summed E-state index contributed by atoms with van der Waals surface area (Å²) < 4.78 is 32.5. The quantitative estimate of drug-likeness (QED) is 0.229. The van der Waals surface area contributed by atoms with E-state index in [2.05, 4.69) is 23.3 Å². The predicted octanol–water partition coefficient (Wildman–Crippen LogP) is 2.36. The Bertz CT molecular complexity index is 812. The van der Waals surface area contributed by atoms with E-state index >= 15 is 0 Å². The van der Waals surface area contributed by atoms with Crippen LogP contribution in [0.25, 0.3) is 0 Å². The number of carbonyl (C=O) groups excluding carboxylic acids is 2. The number of fused-ring (bicyclic) bond motifs is 1. The van der Waals surface area contributed by atoms with E-state index in [4.69, 9.17) is 28.4 Å². The van der Waals surface area contributed by atoms with Crippen molar-refractivity contribution in [1.82, 2.24) is 5.32 Å². The second kappa shape index (κ2) is 17.2. The van der Waals surface area contributed by atoms with E-state index in [-0.39, 0.29) is 24.9 Å². The van der Waals surface area contributed by atoms with Crippen molar-refractivity contribution in [3.8, 4) is 5.75 Å². The van der Waals surface area contributed by atoms with Crippen molar-refractivity contribution < 1.29 is 38.0 Å². The molecule has 210 valence electrons. The molecule has 0 fully saturated rings. The van der Waals surface area contributed by atoms with E-state index in [1.807, 2.05) is 32.9 Å². The minimum Gasteiger partial charge on any atom is -0.484 e. The van der Waals surface area contributed by atoms with E-state index < -0.39 is 5.60 Å². The highest BCUT2D eigenvalue weighted by Crippen LogP contribution is 2.29. The lowest BCUT2D eigenvalue weighted by atomic mass is 10.0. The molecule has 1 aromatic carbocycles. The molecule has 0 radical (unpaired) electrons. The Labute approximate surface area is 220 Å². The fraction of sp³-hybridized carbons (Fsp3) is 0.704. The number of ether oxygens (including phenoxy) is 6. The van der Waals surface area contributed by atoms with Gasteiger partial charge in [-0.15, -0.1) is 0 Å². The lowest BCUT2D eigenvalue weighted by Gasteiger charge is -2.27. The Morgan fingerprint density at radius 1 is 0.919 bits per heavy atom. The highest BCUT2D eigenvalue weighted by Gasteiger charge is 2.16. The van der Waals surface area contributed by atoms with Gasteiger partial charge in [-0.2, -0.15) is 0 Å². The second-order valence-corrected chi connectivity index (χ2v) is 9.74. The molecular formula is C27H44N2O8. The average Bonchev–Trinajstić information content (AvgIpc) is 2.84. The van der Waals surface area contributed by atoms with Gasteiger partial charge in [0, 0.05) is 25.8 Å². The third-order valence-corrected chi connectivity index (χ3v) is 5.33. The molecule has 1 heterocycles. The molecule has 0 unspecified atom stereocenters. The summed E-state index contributed by atoms with van der Waals surface area (Å²) >= 11 is 0. The normalized spacial score (nSPS) is 13.2. The van der Waals surface area contributed by atoms with Crippen molar-refractivity contribution in [3.05, 3.63) is 23.8 Å². The summed E-state index contributed by atoms with van der Waals surface area (Å²) in [5.41, 5.74) is 2.02. The first kappa shape index (κ1) is 30.8. The number of hydrogen-bond acceptors (Lipinski definition) is 9. The number of hydrogen-bond donors (Lipinski definition) is 1. The molecule has 0 saturated heterocycles. The minimum absolute atomic E-state index is 0.0213. The Morgan fingerprint density at radius 3 is 2.19 bits per heavy atom. The van der Waals surface area contributed by atoms with Gasteiger partial charge in [-0.05, 0) is 57.4 Å². The number of benzene rings is 1. The lowest BCUT2D eigenvalue weighted by Crippen LogP contribution is -2.32. The van der Waals surface area contributed by atoms with Gasteiger partial charge in [0.05, 0.1) is 59.3 Å². The Hall–Kier alpha value is -2.40. The number of carbonyl (C=O) groups is 2. The smallest absolute Gasteiger partial charge is 0.308 e. The van der Waals surface area contributed by atoms with Crippen LogP contribution in [0.1, 0.15) is 39.2 Å². The van der Waals surface area contributed by atoms with E-state index in [0.717, 1.165) is 19.4 Å². The number of amides is 1. The summed E-state index contributed by atoms with van der Waals surface area (Å²) in [5, 5.41) is 2.78. The van der Waals surface area contributed by atoms with Crippen molar-refractivity contribution >= 4 is 17.6 Å². The first-order valence-electron chi connectivity index (χ1n) is 13.0. The maximum atomic E-state index is 12.0. The zero-order chi connectivity index (χ0) is 26.9. The number of nitrogens with one attached hydrogen (secondary N) is 1. The fourth-order valence-corrected chi connectivity index (χ4v) is 3.62. The minimum atomic E-state index is -0.475. The van der Waals surface area contributed by atoms with Gasteiger partial charge < -0.3 is 38.6 Å². The van der Waals surface area contributed by atoms with Crippen LogP contribution in [0.2, 0.25) is 0 Å². The molecule has 1 amide bonds. The Balaban J connectivity index is 1.34. The monoisotopic (exact) mass is 524 g/mol. The molecule has 1 aliphatic rings. The van der Waals surface area contributed by atoms with Crippen LogP contribution in [-0.4, -0.2) is 97.1 Å². The third kappa shape index (κ3) is 14.2. The SMILES string of the molecule is CN1CCCc2cc(OCC(=O)NCCOCCOCCOCCOCCC(=O)OC(C)(C)C)ccc21. The van der Waals surface area contributed by atoms with Crippen molar-refractivity contribution in [2.45, 2.75) is 45.6 Å². The molecule has 10 heteroatoms. The molecule has 1 aliphatic heterocycles. The first-order chi connectivity index (χ1) is 17.7. The standard InChI is InChI=1S/C27H44N2O8/c1-27(2,3)37-26(31)9-12-32-14-16-34-18-19-35-17-15-33-13-10-28-25(30)21-36-23-7-8-24-22(20-23)6-5-11-29(24)4/h7-8,20H,5-6,9-19,21H2,1-4H3,(H,28,30). The van der Waals surface area contributed by atoms with Gasteiger partial charge in [0.15, 0.2) is 6.61 Å². The molecule has 37 heavy (non-hydrogen) atoms. The van der Waals surface area contributed by atoms with Crippen molar-refractivity contribution in [2.24, 2.45) is 0 Å². The van der Waals surface area contributed by atoms with Crippen LogP contribution in [0.4, 0.5) is 5.69 Å². The van der Waals surface area contributed by atoms with Gasteiger partial charge in [-0.1, -0.05) is 0 Å². The summed E-state index contributed by atoms with van der Waals surface area (Å²) in [4.78, 5) is 25.8. The fourth-order valence-electron chi connectivity index (χ4n) is 3.62. The zero-order valence-electron chi connectivity index (χ0n) is 22.8. The van der Waals surface area contributed by atoms with Gasteiger partial charge in [-0.3, -0.25) is 9.59 Å². The molecule has 0 saturated carbocycles. The van der Waals surface area contributed by atoms with Crippen LogP contribution in [0.5, 0.6) is 5.75 Å². The van der Waals surface area contributed by atoms with E-state index in [0.29, 0.717) is 65.1 Å². The van der Waals surface area contributed by atoms with Crippen molar-refractivity contribution in [1.29, 1.82) is 0 Å². The number of anilines is 1. The Morgan fingerprint density at radius 2 is 1.54 bits per heavy atom. The average molecular weight is 525 g/mol. The van der Waals surface area contributed by atoms with Crippen LogP contribution in [0, 0.1) is 0 Å². The molecule has 1 aromatic rings. The third-order valence-electron chi connectivity index (χ3n) is 5.33. The van der Waals surface area contributed by atoms with Gasteiger partial charge in [0.2, 0.25) is 0 Å². The van der Waals surface area contributed by atoms with E-state index in [1.54, 1.807) is 0 Å². The van der Waals surface area contributed by atoms with Gasteiger partial charge in [0.1, 0.15) is 11.4 Å². The topological polar surface area (TPSA) is 105 Å². The van der Waals surface area contributed by atoms with Crippen LogP contribution in [0.15, 0.2) is 18.2 Å². The maximum Gasteiger partial charge on any atom is 0.308 e. The molecule has 0 bridgehead atoms. The van der Waals surface area contributed by atoms with E-state index in [1.165, 1.54) is 11.3 Å². The maximum absolute atomic E-state index is 12.0. The highest BCUT2D eigenvalue weighted by molar-refractivity contribution is 5.77. The molecule has 0 atom stereocenters. The first-order valence-corrected chi connectivity index (χ1v) is 13.0. The van der Waals surface area contributed by atoms with Crippen LogP contribution < -0.4 is 15.0 Å². The van der Waals surface area contributed by atoms with Gasteiger partial charge in [0.25, 0.3) is 5.91 Å². The predicted molar refractivity (Wildman–Crippen MR) is 140 cm³/mol. The molecule has 2 rings (SSSR count). The number of rotatable bonds is 18. The summed E-state index contributed by atoms with van der Waals surface area (Å²) in [5.74, 6) is 0.266. The number of nitrogens with zero attached hydrogens (tertiary/aromatic N) is 1. The second-order valence-electron chi connectivity index (χ2n) is 9.74.